The summed E-state index contributed by atoms with van der Waals surface area (Å²) in [5.41, 5.74) is 0.533. The average Bonchev–Trinajstić information content (AvgIpc) is 3.09. The summed E-state index contributed by atoms with van der Waals surface area (Å²) >= 11 is 5.74. The average molecular weight is 417 g/mol. The van der Waals surface area contributed by atoms with Crippen LogP contribution in [-0.2, 0) is 9.73 Å². The van der Waals surface area contributed by atoms with Gasteiger partial charge in [0.15, 0.2) is 5.69 Å². The van der Waals surface area contributed by atoms with E-state index in [1.807, 2.05) is 0 Å². The smallest absolute Gasteiger partial charge is 0.203 e. The fourth-order valence-corrected chi connectivity index (χ4v) is 4.02. The first-order valence-corrected chi connectivity index (χ1v) is 10.4. The van der Waals surface area contributed by atoms with Crippen LogP contribution in [0, 0.1) is 5.82 Å². The van der Waals surface area contributed by atoms with Gasteiger partial charge in [-0.2, -0.15) is 0 Å². The van der Waals surface area contributed by atoms with Gasteiger partial charge in [0, 0.05) is 33.5 Å². The Kier molecular flexibility index (Phi) is 6.11. The molecule has 12 heteroatoms. The molecule has 146 valence electrons. The van der Waals surface area contributed by atoms with E-state index in [2.05, 4.69) is 30.5 Å². The second-order valence-electron chi connectivity index (χ2n) is 5.83. The van der Waals surface area contributed by atoms with Crippen molar-refractivity contribution in [1.29, 1.82) is 0 Å². The molecule has 2 heterocycles. The van der Waals surface area contributed by atoms with E-state index in [0.717, 1.165) is 6.42 Å². The molecule has 0 radical (unpaired) electrons. The van der Waals surface area contributed by atoms with Gasteiger partial charge in [-0.15, -0.1) is 0 Å². The van der Waals surface area contributed by atoms with Crippen molar-refractivity contribution < 1.29 is 18.4 Å². The molecular weight excluding hydrogens is 399 g/mol. The Morgan fingerprint density at radius 1 is 1.41 bits per heavy atom. The van der Waals surface area contributed by atoms with Gasteiger partial charge in [-0.3, -0.25) is 0 Å². The molecule has 1 aliphatic heterocycles. The minimum absolute atomic E-state index is 0.0523. The lowest BCUT2D eigenvalue weighted by atomic mass is 10.3. The third-order valence-corrected chi connectivity index (χ3v) is 6.67. The molecule has 0 saturated carbocycles. The van der Waals surface area contributed by atoms with E-state index in [0.29, 0.717) is 36.7 Å². The van der Waals surface area contributed by atoms with Crippen molar-refractivity contribution in [2.45, 2.75) is 12.8 Å². The van der Waals surface area contributed by atoms with Crippen molar-refractivity contribution in [2.75, 3.05) is 35.2 Å². The number of amidine groups is 1. The van der Waals surface area contributed by atoms with E-state index < -0.39 is 15.5 Å². The molecule has 0 amide bonds. The van der Waals surface area contributed by atoms with Crippen LogP contribution in [0.5, 0.6) is 0 Å². The minimum atomic E-state index is -1.94. The Balaban J connectivity index is 1.59. The van der Waals surface area contributed by atoms with Gasteiger partial charge >= 0.3 is 0 Å². The SMILES string of the molecule is O=S1(=NCCCNc2nonc2/C(=N/O)Nc2ccc(F)c(Cl)c2)CCC1. The monoisotopic (exact) mass is 416 g/mol. The van der Waals surface area contributed by atoms with E-state index >= 15 is 0 Å². The molecule has 1 saturated heterocycles. The van der Waals surface area contributed by atoms with Crippen molar-refractivity contribution >= 4 is 38.7 Å². The number of oxime groups is 1. The summed E-state index contributed by atoms with van der Waals surface area (Å²) in [6.07, 6.45) is 1.62. The van der Waals surface area contributed by atoms with Crippen molar-refractivity contribution in [1.82, 2.24) is 10.3 Å². The molecule has 0 spiro atoms. The second-order valence-corrected chi connectivity index (χ2v) is 8.86. The summed E-state index contributed by atoms with van der Waals surface area (Å²) in [6.45, 7) is 0.973. The van der Waals surface area contributed by atoms with E-state index in [9.17, 15) is 13.8 Å². The number of hydrogen-bond acceptors (Lipinski definition) is 8. The zero-order chi connectivity index (χ0) is 19.3. The number of hydrogen-bond donors (Lipinski definition) is 3. The quantitative estimate of drug-likeness (QED) is 0.208. The number of nitrogens with one attached hydrogen (secondary N) is 2. The fraction of sp³-hybridized carbons (Fsp3) is 0.400. The molecule has 2 aromatic rings. The van der Waals surface area contributed by atoms with Crippen LogP contribution in [0.15, 0.2) is 32.3 Å². The largest absolute Gasteiger partial charge is 0.409 e. The Labute approximate surface area is 160 Å². The van der Waals surface area contributed by atoms with Crippen molar-refractivity contribution in [2.24, 2.45) is 9.52 Å². The zero-order valence-corrected chi connectivity index (χ0v) is 15.8. The van der Waals surface area contributed by atoms with Crippen LogP contribution in [0.2, 0.25) is 5.02 Å². The number of nitrogens with zero attached hydrogens (tertiary/aromatic N) is 4. The van der Waals surface area contributed by atoms with Crippen molar-refractivity contribution in [3.05, 3.63) is 34.7 Å². The van der Waals surface area contributed by atoms with Crippen LogP contribution in [0.4, 0.5) is 15.9 Å². The highest BCUT2D eigenvalue weighted by atomic mass is 35.5. The molecule has 1 aromatic carbocycles. The number of halogens is 2. The molecule has 27 heavy (non-hydrogen) atoms. The first-order valence-electron chi connectivity index (χ1n) is 8.20. The molecule has 0 aliphatic carbocycles. The molecule has 1 aliphatic rings. The number of anilines is 2. The predicted octanol–water partition coefficient (Wildman–Crippen LogP) is 2.78. The van der Waals surface area contributed by atoms with Crippen LogP contribution < -0.4 is 10.6 Å². The lowest BCUT2D eigenvalue weighted by Crippen LogP contribution is -2.24. The summed E-state index contributed by atoms with van der Waals surface area (Å²) in [5.74, 6) is 1.02. The molecule has 0 bridgehead atoms. The van der Waals surface area contributed by atoms with Crippen LogP contribution in [0.25, 0.3) is 0 Å². The highest BCUT2D eigenvalue weighted by Crippen LogP contribution is 2.21. The molecule has 3 rings (SSSR count). The molecule has 0 atom stereocenters. The lowest BCUT2D eigenvalue weighted by Gasteiger charge is -2.17. The Bertz CT molecular complexity index is 947. The summed E-state index contributed by atoms with van der Waals surface area (Å²) in [4.78, 5) is 0. The van der Waals surface area contributed by atoms with Crippen LogP contribution in [0.3, 0.4) is 0 Å². The van der Waals surface area contributed by atoms with E-state index in [1.54, 1.807) is 0 Å². The fourth-order valence-electron chi connectivity index (χ4n) is 2.34. The zero-order valence-electron chi connectivity index (χ0n) is 14.2. The van der Waals surface area contributed by atoms with Crippen molar-refractivity contribution in [3.63, 3.8) is 0 Å². The first-order chi connectivity index (χ1) is 13.0. The van der Waals surface area contributed by atoms with Gasteiger partial charge in [-0.1, -0.05) is 16.8 Å². The number of benzene rings is 1. The van der Waals surface area contributed by atoms with Gasteiger partial charge in [0.05, 0.1) is 11.6 Å². The number of rotatable bonds is 7. The summed E-state index contributed by atoms with van der Waals surface area (Å²) in [6, 6.07) is 3.94. The van der Waals surface area contributed by atoms with E-state index in [4.69, 9.17) is 16.2 Å². The van der Waals surface area contributed by atoms with Crippen LogP contribution in [-0.4, -0.2) is 50.2 Å². The third kappa shape index (κ3) is 4.86. The number of aromatic nitrogens is 2. The lowest BCUT2D eigenvalue weighted by molar-refractivity contribution is 0.305. The Hall–Kier alpha value is -2.40. The van der Waals surface area contributed by atoms with Gasteiger partial charge in [0.25, 0.3) is 0 Å². The Morgan fingerprint density at radius 3 is 2.89 bits per heavy atom. The molecule has 0 unspecified atom stereocenters. The molecule has 3 N–H and O–H groups in total. The highest BCUT2D eigenvalue weighted by Gasteiger charge is 2.19. The van der Waals surface area contributed by atoms with Gasteiger partial charge in [-0.25, -0.2) is 17.6 Å². The van der Waals surface area contributed by atoms with Gasteiger partial charge in [-0.05, 0) is 41.4 Å². The van der Waals surface area contributed by atoms with Crippen molar-refractivity contribution in [3.8, 4) is 0 Å². The summed E-state index contributed by atoms with van der Waals surface area (Å²) in [5, 5.41) is 25.5. The second kappa shape index (κ2) is 8.53. The molecule has 1 fully saturated rings. The summed E-state index contributed by atoms with van der Waals surface area (Å²) in [7, 11) is -1.94. The predicted molar refractivity (Wildman–Crippen MR) is 101 cm³/mol. The standard InChI is InChI=1S/C15H18ClFN6O3S/c16-11-9-10(3-4-12(11)17)20-15(21-24)13-14(23-26-22-13)18-5-1-6-19-27(25)7-2-8-27/h3-4,9,24H,1-2,5-8H2,(H,18,23)(H,20,21). The molecule has 1 aromatic heterocycles. The minimum Gasteiger partial charge on any atom is -0.409 e. The molecular formula is C15H18ClFN6O3S. The van der Waals surface area contributed by atoms with Crippen LogP contribution >= 0.6 is 11.6 Å². The first kappa shape index (κ1) is 19.4. The normalized spacial score (nSPS) is 15.9. The summed E-state index contributed by atoms with van der Waals surface area (Å²) < 4.78 is 34.1. The maximum atomic E-state index is 13.2. The van der Waals surface area contributed by atoms with Gasteiger partial charge in [0.2, 0.25) is 11.7 Å². The van der Waals surface area contributed by atoms with Gasteiger partial charge < -0.3 is 15.8 Å². The maximum Gasteiger partial charge on any atom is 0.203 e. The third-order valence-electron chi connectivity index (χ3n) is 3.88. The molecule has 9 nitrogen and oxygen atoms in total. The van der Waals surface area contributed by atoms with E-state index in [1.165, 1.54) is 18.2 Å². The van der Waals surface area contributed by atoms with E-state index in [-0.39, 0.29) is 22.4 Å². The highest BCUT2D eigenvalue weighted by molar-refractivity contribution is 7.94. The van der Waals surface area contributed by atoms with Crippen LogP contribution in [0.1, 0.15) is 18.5 Å². The maximum absolute atomic E-state index is 13.2. The Morgan fingerprint density at radius 2 is 2.22 bits per heavy atom. The van der Waals surface area contributed by atoms with Gasteiger partial charge in [0.1, 0.15) is 5.82 Å². The topological polar surface area (TPSA) is 125 Å².